The van der Waals surface area contributed by atoms with Crippen LogP contribution in [0.1, 0.15) is 16.7 Å². The first-order chi connectivity index (χ1) is 16.8. The first-order valence-corrected chi connectivity index (χ1v) is 12.1. The van der Waals surface area contributed by atoms with E-state index in [-0.39, 0.29) is 22.9 Å². The normalized spacial score (nSPS) is 12.7. The zero-order chi connectivity index (χ0) is 24.7. The fraction of sp³-hybridized carbons (Fsp3) is 0.192. The van der Waals surface area contributed by atoms with E-state index in [2.05, 4.69) is 0 Å². The number of hydrogen-bond donors (Lipinski definition) is 0. The minimum Gasteiger partial charge on any atom is -0.311 e. The molecule has 1 aliphatic rings. The largest absolute Gasteiger partial charge is 0.311 e. The van der Waals surface area contributed by atoms with Gasteiger partial charge in [-0.25, -0.2) is 4.98 Å². The molecule has 2 heterocycles. The second kappa shape index (κ2) is 8.99. The standard InChI is InChI=1S/C26H22N4O4S/c1-16-11-17(2)13-20(12-16)29-25(32)21-5-3-4-6-22(21)27-26(29)35-15-24(31)28-10-9-18-14-19(30(33)34)7-8-23(18)28/h3-8,11-14H,9-10,15H2,1-2H3. The fourth-order valence-corrected chi connectivity index (χ4v) is 5.37. The maximum Gasteiger partial charge on any atom is 0.269 e. The molecule has 0 aliphatic carbocycles. The molecule has 5 rings (SSSR count). The Morgan fingerprint density at radius 3 is 2.57 bits per heavy atom. The average Bonchev–Trinajstić information content (AvgIpc) is 3.25. The summed E-state index contributed by atoms with van der Waals surface area (Å²) in [7, 11) is 0. The molecule has 0 fully saturated rings. The number of aromatic nitrogens is 2. The highest BCUT2D eigenvalue weighted by molar-refractivity contribution is 7.99. The lowest BCUT2D eigenvalue weighted by Gasteiger charge is -2.18. The van der Waals surface area contributed by atoms with Crippen LogP contribution in [0.5, 0.6) is 0 Å². The van der Waals surface area contributed by atoms with Crippen LogP contribution in [0.2, 0.25) is 0 Å². The number of nitrogens with zero attached hydrogens (tertiary/aromatic N) is 4. The maximum atomic E-state index is 13.5. The van der Waals surface area contributed by atoms with E-state index in [1.165, 1.54) is 23.9 Å². The first kappa shape index (κ1) is 22.8. The lowest BCUT2D eigenvalue weighted by atomic mass is 10.1. The Balaban J connectivity index is 1.49. The number of carbonyl (C=O) groups excluding carboxylic acids is 1. The monoisotopic (exact) mass is 486 g/mol. The van der Waals surface area contributed by atoms with Gasteiger partial charge in [0.25, 0.3) is 11.2 Å². The fourth-order valence-electron chi connectivity index (χ4n) is 4.48. The topological polar surface area (TPSA) is 98.3 Å². The molecule has 0 radical (unpaired) electrons. The van der Waals surface area contributed by atoms with Gasteiger partial charge in [-0.2, -0.15) is 0 Å². The average molecular weight is 487 g/mol. The number of benzene rings is 3. The molecule has 0 atom stereocenters. The summed E-state index contributed by atoms with van der Waals surface area (Å²) in [6.45, 7) is 4.41. The molecule has 8 nitrogen and oxygen atoms in total. The van der Waals surface area contributed by atoms with E-state index in [0.717, 1.165) is 16.7 Å². The van der Waals surface area contributed by atoms with Crippen molar-refractivity contribution in [1.82, 2.24) is 9.55 Å². The van der Waals surface area contributed by atoms with Gasteiger partial charge < -0.3 is 4.90 Å². The Labute approximate surface area is 205 Å². The van der Waals surface area contributed by atoms with E-state index >= 15 is 0 Å². The third kappa shape index (κ3) is 4.30. The van der Waals surface area contributed by atoms with Gasteiger partial charge in [-0.15, -0.1) is 0 Å². The van der Waals surface area contributed by atoms with Crippen LogP contribution in [0.25, 0.3) is 16.6 Å². The molecule has 0 saturated heterocycles. The summed E-state index contributed by atoms with van der Waals surface area (Å²) in [5, 5.41) is 12.0. The van der Waals surface area contributed by atoms with Crippen molar-refractivity contribution in [2.24, 2.45) is 0 Å². The van der Waals surface area contributed by atoms with Gasteiger partial charge in [0.1, 0.15) is 0 Å². The van der Waals surface area contributed by atoms with Crippen molar-refractivity contribution in [3.05, 3.63) is 97.8 Å². The molecule has 0 bridgehead atoms. The van der Waals surface area contributed by atoms with Crippen LogP contribution < -0.4 is 10.5 Å². The molecule has 0 N–H and O–H groups in total. The van der Waals surface area contributed by atoms with Crippen LogP contribution in [0.4, 0.5) is 11.4 Å². The molecule has 0 spiro atoms. The number of nitro groups is 1. The molecule has 9 heteroatoms. The Bertz CT molecular complexity index is 1540. The minimum absolute atomic E-state index is 0.0188. The molecule has 1 aliphatic heterocycles. The molecule has 1 aromatic heterocycles. The highest BCUT2D eigenvalue weighted by atomic mass is 32.2. The first-order valence-electron chi connectivity index (χ1n) is 11.1. The molecule has 0 unspecified atom stereocenters. The summed E-state index contributed by atoms with van der Waals surface area (Å²) in [6.07, 6.45) is 0.564. The van der Waals surface area contributed by atoms with Crippen LogP contribution in [-0.4, -0.2) is 32.7 Å². The number of carbonyl (C=O) groups is 1. The second-order valence-electron chi connectivity index (χ2n) is 8.55. The molecule has 3 aromatic carbocycles. The van der Waals surface area contributed by atoms with E-state index < -0.39 is 4.92 Å². The van der Waals surface area contributed by atoms with Gasteiger partial charge in [0.05, 0.1) is 27.3 Å². The highest BCUT2D eigenvalue weighted by Crippen LogP contribution is 2.32. The van der Waals surface area contributed by atoms with Crippen LogP contribution in [0.15, 0.2) is 70.6 Å². The summed E-state index contributed by atoms with van der Waals surface area (Å²) < 4.78 is 1.57. The molecule has 0 saturated carbocycles. The van der Waals surface area contributed by atoms with Crippen LogP contribution in [0.3, 0.4) is 0 Å². The van der Waals surface area contributed by atoms with Gasteiger partial charge in [-0.05, 0) is 67.3 Å². The SMILES string of the molecule is Cc1cc(C)cc(-n2c(SCC(=O)N3CCc4cc([N+](=O)[O-])ccc43)nc3ccccc3c2=O)c1. The second-order valence-corrected chi connectivity index (χ2v) is 9.49. The molecule has 176 valence electrons. The maximum absolute atomic E-state index is 13.5. The number of nitro benzene ring substituents is 1. The zero-order valence-electron chi connectivity index (χ0n) is 19.2. The lowest BCUT2D eigenvalue weighted by Crippen LogP contribution is -2.31. The highest BCUT2D eigenvalue weighted by Gasteiger charge is 2.27. The van der Waals surface area contributed by atoms with Gasteiger partial charge in [0, 0.05) is 24.4 Å². The van der Waals surface area contributed by atoms with Gasteiger partial charge in [-0.3, -0.25) is 24.3 Å². The van der Waals surface area contributed by atoms with E-state index in [1.807, 2.05) is 44.2 Å². The number of rotatable bonds is 5. The predicted octanol–water partition coefficient (Wildman–Crippen LogP) is 4.59. The van der Waals surface area contributed by atoms with Gasteiger partial charge in [0.15, 0.2) is 5.16 Å². The van der Waals surface area contributed by atoms with Gasteiger partial charge in [-0.1, -0.05) is 30.0 Å². The van der Waals surface area contributed by atoms with Crippen molar-refractivity contribution < 1.29 is 9.72 Å². The number of para-hydroxylation sites is 1. The number of hydrogen-bond acceptors (Lipinski definition) is 6. The Hall–Kier alpha value is -3.98. The van der Waals surface area contributed by atoms with Crippen LogP contribution in [0, 0.1) is 24.0 Å². The van der Waals surface area contributed by atoms with Crippen molar-refractivity contribution in [2.45, 2.75) is 25.4 Å². The molecule has 4 aromatic rings. The summed E-state index contributed by atoms with van der Waals surface area (Å²) in [5.74, 6) is -0.0663. The summed E-state index contributed by atoms with van der Waals surface area (Å²) in [5.41, 5.74) is 4.64. The van der Waals surface area contributed by atoms with E-state index in [9.17, 15) is 19.7 Å². The molecular formula is C26H22N4O4S. The molecular weight excluding hydrogens is 464 g/mol. The quantitative estimate of drug-likeness (QED) is 0.177. The summed E-state index contributed by atoms with van der Waals surface area (Å²) in [4.78, 5) is 43.7. The van der Waals surface area contributed by atoms with Crippen molar-refractivity contribution in [1.29, 1.82) is 0 Å². The van der Waals surface area contributed by atoms with Crippen LogP contribution >= 0.6 is 11.8 Å². The predicted molar refractivity (Wildman–Crippen MR) is 137 cm³/mol. The van der Waals surface area contributed by atoms with Crippen molar-refractivity contribution in [3.8, 4) is 5.69 Å². The number of aryl methyl sites for hydroxylation is 2. The smallest absolute Gasteiger partial charge is 0.269 e. The van der Waals surface area contributed by atoms with E-state index in [1.54, 1.807) is 27.7 Å². The molecule has 1 amide bonds. The summed E-state index contributed by atoms with van der Waals surface area (Å²) in [6, 6.07) is 17.6. The number of fused-ring (bicyclic) bond motifs is 2. The Kier molecular flexibility index (Phi) is 5.86. The minimum atomic E-state index is -0.432. The molecule has 35 heavy (non-hydrogen) atoms. The Morgan fingerprint density at radius 1 is 1.09 bits per heavy atom. The lowest BCUT2D eigenvalue weighted by molar-refractivity contribution is -0.384. The van der Waals surface area contributed by atoms with E-state index in [4.69, 9.17) is 4.98 Å². The van der Waals surface area contributed by atoms with Gasteiger partial charge in [0.2, 0.25) is 5.91 Å². The van der Waals surface area contributed by atoms with Crippen molar-refractivity contribution in [3.63, 3.8) is 0 Å². The number of non-ortho nitro benzene ring substituents is 1. The van der Waals surface area contributed by atoms with Crippen LogP contribution in [-0.2, 0) is 11.2 Å². The third-order valence-corrected chi connectivity index (χ3v) is 6.93. The number of anilines is 1. The summed E-state index contributed by atoms with van der Waals surface area (Å²) >= 11 is 1.21. The zero-order valence-corrected chi connectivity index (χ0v) is 20.0. The third-order valence-electron chi connectivity index (χ3n) is 6.00. The van der Waals surface area contributed by atoms with Crippen molar-refractivity contribution in [2.75, 3.05) is 17.2 Å². The van der Waals surface area contributed by atoms with Gasteiger partial charge >= 0.3 is 0 Å². The van der Waals surface area contributed by atoms with Crippen molar-refractivity contribution >= 4 is 39.9 Å². The van der Waals surface area contributed by atoms with E-state index in [0.29, 0.717) is 40.4 Å². The number of amides is 1. The number of thioether (sulfide) groups is 1. The Morgan fingerprint density at radius 2 is 1.83 bits per heavy atom.